The maximum Gasteiger partial charge on any atom is 0.339 e. The van der Waals surface area contributed by atoms with E-state index in [2.05, 4.69) is 10.6 Å². The number of phenols is 1. The van der Waals surface area contributed by atoms with Crippen molar-refractivity contribution < 1.29 is 19.8 Å². The summed E-state index contributed by atoms with van der Waals surface area (Å²) in [4.78, 5) is 22.6. The Kier molecular flexibility index (Phi) is 4.96. The summed E-state index contributed by atoms with van der Waals surface area (Å²) in [6.07, 6.45) is 1.78. The van der Waals surface area contributed by atoms with Crippen molar-refractivity contribution in [1.82, 2.24) is 5.32 Å². The predicted molar refractivity (Wildman–Crippen MR) is 76.2 cm³/mol. The minimum Gasteiger partial charge on any atom is -0.507 e. The number of carbonyl (C=O) groups excluding carboxylic acids is 1. The highest BCUT2D eigenvalue weighted by Gasteiger charge is 2.19. The third-order valence-corrected chi connectivity index (χ3v) is 2.81. The Balaban J connectivity index is 2.72. The Morgan fingerprint density at radius 3 is 2.45 bits per heavy atom. The van der Waals surface area contributed by atoms with Crippen LogP contribution in [0, 0.1) is 0 Å². The second kappa shape index (κ2) is 6.27. The molecular formula is C14H20N2O4. The van der Waals surface area contributed by atoms with Crippen LogP contribution >= 0.6 is 0 Å². The number of amides is 2. The number of urea groups is 1. The molecule has 0 heterocycles. The van der Waals surface area contributed by atoms with Gasteiger partial charge in [0.25, 0.3) is 0 Å². The lowest BCUT2D eigenvalue weighted by atomic mass is 9.99. The first-order valence-corrected chi connectivity index (χ1v) is 6.40. The molecule has 20 heavy (non-hydrogen) atoms. The summed E-state index contributed by atoms with van der Waals surface area (Å²) >= 11 is 0. The molecule has 0 aromatic heterocycles. The molecular weight excluding hydrogens is 260 g/mol. The number of hydrogen-bond acceptors (Lipinski definition) is 3. The van der Waals surface area contributed by atoms with Crippen LogP contribution < -0.4 is 10.6 Å². The van der Waals surface area contributed by atoms with E-state index in [4.69, 9.17) is 5.11 Å². The van der Waals surface area contributed by atoms with Gasteiger partial charge in [0.1, 0.15) is 11.3 Å². The number of carboxylic acid groups (broad SMARTS) is 1. The molecule has 0 saturated carbocycles. The molecule has 110 valence electrons. The molecule has 0 unspecified atom stereocenters. The molecule has 0 aliphatic heterocycles. The third-order valence-electron chi connectivity index (χ3n) is 2.81. The van der Waals surface area contributed by atoms with Gasteiger partial charge in [0.2, 0.25) is 0 Å². The van der Waals surface area contributed by atoms with Gasteiger partial charge in [-0.25, -0.2) is 9.59 Å². The van der Waals surface area contributed by atoms with Gasteiger partial charge in [-0.2, -0.15) is 0 Å². The van der Waals surface area contributed by atoms with Gasteiger partial charge in [-0.15, -0.1) is 0 Å². The van der Waals surface area contributed by atoms with Crippen LogP contribution in [0.4, 0.5) is 10.5 Å². The average molecular weight is 280 g/mol. The molecule has 1 aromatic rings. The van der Waals surface area contributed by atoms with Crippen molar-refractivity contribution in [2.75, 3.05) is 5.32 Å². The Morgan fingerprint density at radius 2 is 1.95 bits per heavy atom. The van der Waals surface area contributed by atoms with Crippen molar-refractivity contribution in [2.45, 2.75) is 39.2 Å². The molecule has 0 fully saturated rings. The number of aromatic carboxylic acids is 1. The van der Waals surface area contributed by atoms with Gasteiger partial charge in [0.15, 0.2) is 0 Å². The van der Waals surface area contributed by atoms with Gasteiger partial charge in [0.05, 0.1) is 0 Å². The molecule has 1 rings (SSSR count). The van der Waals surface area contributed by atoms with E-state index in [9.17, 15) is 14.7 Å². The number of hydrogen-bond donors (Lipinski definition) is 4. The van der Waals surface area contributed by atoms with E-state index in [1.54, 1.807) is 0 Å². The molecule has 6 nitrogen and oxygen atoms in total. The van der Waals surface area contributed by atoms with Crippen molar-refractivity contribution >= 4 is 17.7 Å². The number of carbonyl (C=O) groups is 2. The fourth-order valence-electron chi connectivity index (χ4n) is 1.95. The smallest absolute Gasteiger partial charge is 0.339 e. The van der Waals surface area contributed by atoms with Crippen LogP contribution in [-0.4, -0.2) is 27.8 Å². The van der Waals surface area contributed by atoms with Crippen LogP contribution in [0.3, 0.4) is 0 Å². The number of carboxylic acids is 1. The largest absolute Gasteiger partial charge is 0.507 e. The van der Waals surface area contributed by atoms with E-state index in [0.29, 0.717) is 5.69 Å². The van der Waals surface area contributed by atoms with Crippen molar-refractivity contribution in [3.05, 3.63) is 23.8 Å². The van der Waals surface area contributed by atoms with Gasteiger partial charge >= 0.3 is 12.0 Å². The summed E-state index contributed by atoms with van der Waals surface area (Å²) in [6, 6.07) is 3.47. The number of nitrogens with one attached hydrogen (secondary N) is 2. The maximum absolute atomic E-state index is 11.8. The van der Waals surface area contributed by atoms with Gasteiger partial charge in [-0.3, -0.25) is 0 Å². The third kappa shape index (κ3) is 4.46. The Labute approximate surface area is 117 Å². The first-order valence-electron chi connectivity index (χ1n) is 6.40. The molecule has 0 atom stereocenters. The molecule has 4 N–H and O–H groups in total. The summed E-state index contributed by atoms with van der Waals surface area (Å²) in [7, 11) is 0. The standard InChI is InChI=1S/C14H20N2O4/c1-4-7-14(2,3)16-13(20)15-9-5-6-10(12(18)19)11(17)8-9/h5-6,8,17H,4,7H2,1-3H3,(H,18,19)(H2,15,16,20). The van der Waals surface area contributed by atoms with Crippen LogP contribution in [0.5, 0.6) is 5.75 Å². The quantitative estimate of drug-likeness (QED) is 0.666. The Morgan fingerprint density at radius 1 is 1.30 bits per heavy atom. The highest BCUT2D eigenvalue weighted by molar-refractivity contribution is 5.94. The first kappa shape index (κ1) is 15.8. The molecule has 0 aliphatic carbocycles. The topological polar surface area (TPSA) is 98.7 Å². The Hall–Kier alpha value is -2.24. The first-order chi connectivity index (χ1) is 9.25. The molecule has 0 radical (unpaired) electrons. The summed E-state index contributed by atoms with van der Waals surface area (Å²) in [5.41, 5.74) is -0.207. The van der Waals surface area contributed by atoms with Crippen molar-refractivity contribution in [3.63, 3.8) is 0 Å². The van der Waals surface area contributed by atoms with Crippen LogP contribution in [0.1, 0.15) is 44.0 Å². The minimum atomic E-state index is -1.22. The van der Waals surface area contributed by atoms with E-state index >= 15 is 0 Å². The number of benzene rings is 1. The van der Waals surface area contributed by atoms with Gasteiger partial charge < -0.3 is 20.8 Å². The van der Waals surface area contributed by atoms with E-state index in [1.165, 1.54) is 18.2 Å². The fraction of sp³-hybridized carbons (Fsp3) is 0.429. The predicted octanol–water partition coefficient (Wildman–Crippen LogP) is 2.79. The van der Waals surface area contributed by atoms with E-state index < -0.39 is 12.0 Å². The number of rotatable bonds is 5. The summed E-state index contributed by atoms with van der Waals surface area (Å²) in [5.74, 6) is -1.61. The summed E-state index contributed by atoms with van der Waals surface area (Å²) in [6.45, 7) is 5.87. The molecule has 0 spiro atoms. The lowest BCUT2D eigenvalue weighted by Gasteiger charge is -2.25. The fourth-order valence-corrected chi connectivity index (χ4v) is 1.95. The van der Waals surface area contributed by atoms with E-state index in [-0.39, 0.29) is 16.9 Å². The SMILES string of the molecule is CCCC(C)(C)NC(=O)Nc1ccc(C(=O)O)c(O)c1. The zero-order valence-corrected chi connectivity index (χ0v) is 11.9. The highest BCUT2D eigenvalue weighted by Crippen LogP contribution is 2.22. The number of anilines is 1. The van der Waals surface area contributed by atoms with Gasteiger partial charge in [0, 0.05) is 17.3 Å². The second-order valence-electron chi connectivity index (χ2n) is 5.25. The minimum absolute atomic E-state index is 0.206. The molecule has 2 amide bonds. The molecule has 0 aliphatic rings. The lowest BCUT2D eigenvalue weighted by molar-refractivity contribution is 0.0693. The summed E-state index contributed by atoms with van der Waals surface area (Å²) in [5, 5.41) is 23.7. The molecule has 0 saturated heterocycles. The van der Waals surface area contributed by atoms with Crippen molar-refractivity contribution in [3.8, 4) is 5.75 Å². The normalized spacial score (nSPS) is 10.9. The Bertz CT molecular complexity index is 512. The molecule has 1 aromatic carbocycles. The van der Waals surface area contributed by atoms with E-state index in [1.807, 2.05) is 20.8 Å². The molecule has 0 bridgehead atoms. The van der Waals surface area contributed by atoms with Gasteiger partial charge in [-0.05, 0) is 32.4 Å². The number of aromatic hydroxyl groups is 1. The maximum atomic E-state index is 11.8. The van der Waals surface area contributed by atoms with E-state index in [0.717, 1.165) is 12.8 Å². The van der Waals surface area contributed by atoms with Crippen LogP contribution in [-0.2, 0) is 0 Å². The zero-order valence-electron chi connectivity index (χ0n) is 11.9. The van der Waals surface area contributed by atoms with Crippen LogP contribution in [0.25, 0.3) is 0 Å². The second-order valence-corrected chi connectivity index (χ2v) is 5.25. The average Bonchev–Trinajstić information content (AvgIpc) is 2.26. The molecule has 6 heteroatoms. The lowest BCUT2D eigenvalue weighted by Crippen LogP contribution is -2.45. The van der Waals surface area contributed by atoms with Gasteiger partial charge in [-0.1, -0.05) is 13.3 Å². The van der Waals surface area contributed by atoms with Crippen molar-refractivity contribution in [1.29, 1.82) is 0 Å². The van der Waals surface area contributed by atoms with Crippen LogP contribution in [0.2, 0.25) is 0 Å². The summed E-state index contributed by atoms with van der Waals surface area (Å²) < 4.78 is 0. The monoisotopic (exact) mass is 280 g/mol. The van der Waals surface area contributed by atoms with Crippen molar-refractivity contribution in [2.24, 2.45) is 0 Å². The van der Waals surface area contributed by atoms with Crippen LogP contribution in [0.15, 0.2) is 18.2 Å². The zero-order chi connectivity index (χ0) is 15.3. The highest BCUT2D eigenvalue weighted by atomic mass is 16.4.